The van der Waals surface area contributed by atoms with Crippen LogP contribution < -0.4 is 10.6 Å². The summed E-state index contributed by atoms with van der Waals surface area (Å²) in [6.45, 7) is 12.1. The van der Waals surface area contributed by atoms with E-state index < -0.39 is 17.4 Å². The molecule has 1 aromatic rings. The van der Waals surface area contributed by atoms with Crippen LogP contribution in [0.15, 0.2) is 45.6 Å². The number of carbonyl (C=O) groups is 3. The van der Waals surface area contributed by atoms with Gasteiger partial charge in [0.1, 0.15) is 5.54 Å². The average molecular weight is 529 g/mol. The molecule has 1 saturated carbocycles. The highest BCUT2D eigenvalue weighted by molar-refractivity contribution is 7.99. The van der Waals surface area contributed by atoms with E-state index in [9.17, 15) is 14.4 Å². The Morgan fingerprint density at radius 1 is 1.05 bits per heavy atom. The fraction of sp³-hybridized carbons (Fsp3) is 0.607. The van der Waals surface area contributed by atoms with Gasteiger partial charge in [-0.2, -0.15) is 0 Å². The number of nitrogens with zero attached hydrogens (tertiary/aromatic N) is 2. The first-order valence-electron chi connectivity index (χ1n) is 13.2. The average Bonchev–Trinajstić information content (AvgIpc) is 3.19. The number of aromatic nitrogens is 2. The number of Topliss-reactive ketones (excluding diaryl/α,β-unsaturated/α-hetero) is 1. The Hall–Kier alpha value is -2.68. The fourth-order valence-electron chi connectivity index (χ4n) is 4.53. The van der Waals surface area contributed by atoms with Crippen LogP contribution in [0.3, 0.4) is 0 Å². The lowest BCUT2D eigenvalue weighted by molar-refractivity contribution is -0.134. The first-order valence-corrected chi connectivity index (χ1v) is 14.1. The summed E-state index contributed by atoms with van der Waals surface area (Å²) in [6.07, 6.45) is 13.5. The molecule has 2 aliphatic carbocycles. The van der Waals surface area contributed by atoms with Crippen LogP contribution in [-0.2, 0) is 9.59 Å². The molecule has 8 nitrogen and oxygen atoms in total. The van der Waals surface area contributed by atoms with Gasteiger partial charge in [-0.25, -0.2) is 0 Å². The van der Waals surface area contributed by atoms with Crippen molar-refractivity contribution in [3.8, 4) is 0 Å². The molecule has 0 spiro atoms. The van der Waals surface area contributed by atoms with Crippen LogP contribution in [0.4, 0.5) is 0 Å². The van der Waals surface area contributed by atoms with Gasteiger partial charge in [-0.05, 0) is 31.3 Å². The van der Waals surface area contributed by atoms with Crippen LogP contribution in [0.5, 0.6) is 0 Å². The van der Waals surface area contributed by atoms with Crippen molar-refractivity contribution in [1.82, 2.24) is 20.8 Å². The van der Waals surface area contributed by atoms with Crippen LogP contribution >= 0.6 is 11.8 Å². The van der Waals surface area contributed by atoms with Crippen LogP contribution in [0.2, 0.25) is 0 Å². The van der Waals surface area contributed by atoms with Gasteiger partial charge in [0.05, 0.1) is 6.04 Å². The Kier molecular flexibility index (Phi) is 9.56. The summed E-state index contributed by atoms with van der Waals surface area (Å²) >= 11 is 1.38. The highest BCUT2D eigenvalue weighted by Crippen LogP contribution is 2.30. The first kappa shape index (κ1) is 28.9. The summed E-state index contributed by atoms with van der Waals surface area (Å²) in [4.78, 5) is 40.4. The highest BCUT2D eigenvalue weighted by Gasteiger charge is 2.43. The summed E-state index contributed by atoms with van der Waals surface area (Å²) in [5.41, 5.74) is -0.751. The van der Waals surface area contributed by atoms with E-state index in [0.29, 0.717) is 30.1 Å². The second-order valence-electron chi connectivity index (χ2n) is 11.3. The minimum Gasteiger partial charge on any atom is -0.408 e. The molecule has 1 atom stereocenters. The molecule has 37 heavy (non-hydrogen) atoms. The predicted molar refractivity (Wildman–Crippen MR) is 145 cm³/mol. The summed E-state index contributed by atoms with van der Waals surface area (Å²) in [5.74, 6) is -1.03. The van der Waals surface area contributed by atoms with Gasteiger partial charge in [0.15, 0.2) is 0 Å². The van der Waals surface area contributed by atoms with Gasteiger partial charge in [0.2, 0.25) is 11.7 Å². The Balaban J connectivity index is 1.81. The topological polar surface area (TPSA) is 114 Å². The molecule has 0 aliphatic heterocycles. The van der Waals surface area contributed by atoms with Crippen LogP contribution in [0, 0.1) is 11.3 Å². The van der Waals surface area contributed by atoms with Crippen molar-refractivity contribution in [1.29, 1.82) is 0 Å². The molecule has 3 rings (SSSR count). The summed E-state index contributed by atoms with van der Waals surface area (Å²) in [6, 6.07) is -0.832. The third-order valence-electron chi connectivity index (χ3n) is 6.53. The summed E-state index contributed by atoms with van der Waals surface area (Å²) in [7, 11) is 0. The maximum absolute atomic E-state index is 13.8. The number of carbonyl (C=O) groups excluding carboxylic acids is 3. The third-order valence-corrected chi connectivity index (χ3v) is 7.37. The number of rotatable bonds is 10. The summed E-state index contributed by atoms with van der Waals surface area (Å²) < 4.78 is 5.59. The molecule has 2 aliphatic rings. The number of allylic oxidation sites excluding steroid dienone is 4. The Morgan fingerprint density at radius 2 is 1.76 bits per heavy atom. The van der Waals surface area contributed by atoms with Crippen molar-refractivity contribution >= 4 is 29.4 Å². The summed E-state index contributed by atoms with van der Waals surface area (Å²) in [5, 5.41) is 14.5. The van der Waals surface area contributed by atoms with Gasteiger partial charge in [-0.15, -0.1) is 10.2 Å². The van der Waals surface area contributed by atoms with Crippen molar-refractivity contribution in [3.63, 3.8) is 0 Å². The second-order valence-corrected chi connectivity index (χ2v) is 12.8. The van der Waals surface area contributed by atoms with Gasteiger partial charge < -0.3 is 15.1 Å². The van der Waals surface area contributed by atoms with Crippen molar-refractivity contribution in [3.05, 3.63) is 41.8 Å². The van der Waals surface area contributed by atoms with E-state index in [0.717, 1.165) is 19.3 Å². The van der Waals surface area contributed by atoms with Crippen LogP contribution in [0.25, 0.3) is 0 Å². The zero-order valence-corrected chi connectivity index (χ0v) is 23.6. The largest absolute Gasteiger partial charge is 0.408 e. The van der Waals surface area contributed by atoms with Gasteiger partial charge in [-0.3, -0.25) is 14.4 Å². The Morgan fingerprint density at radius 3 is 2.41 bits per heavy atom. The molecule has 0 saturated heterocycles. The molecular formula is C28H40N4O4S. The van der Waals surface area contributed by atoms with Gasteiger partial charge in [0.25, 0.3) is 17.0 Å². The minimum absolute atomic E-state index is 0.112. The van der Waals surface area contributed by atoms with E-state index in [1.54, 1.807) is 12.2 Å². The molecule has 0 bridgehead atoms. The lowest BCUT2D eigenvalue weighted by Gasteiger charge is -2.37. The maximum Gasteiger partial charge on any atom is 0.286 e. The van der Waals surface area contributed by atoms with Gasteiger partial charge >= 0.3 is 0 Å². The standard InChI is InChI=1S/C28H40N4O4S/c1-18(2)17-21(22(33)24-31-32-26(36-24)37-19(3)4)29-25(35)28(14-8-7-9-15-28)30-23(34)20-11-10-13-27(5,6)16-12-20/h10-13,16,18-19,21H,7-9,14-15,17H2,1-6H3,(H,29,35)(H,30,34). The smallest absolute Gasteiger partial charge is 0.286 e. The monoisotopic (exact) mass is 528 g/mol. The van der Waals surface area contributed by atoms with Crippen LogP contribution in [0.1, 0.15) is 90.8 Å². The number of hydrogen-bond acceptors (Lipinski definition) is 7. The zero-order valence-electron chi connectivity index (χ0n) is 22.8. The molecule has 1 aromatic heterocycles. The minimum atomic E-state index is -1.08. The number of amides is 2. The second kappa shape index (κ2) is 12.2. The van der Waals surface area contributed by atoms with Crippen molar-refractivity contribution in [2.24, 2.45) is 11.3 Å². The van der Waals surface area contributed by atoms with E-state index >= 15 is 0 Å². The molecule has 0 radical (unpaired) electrons. The molecule has 2 amide bonds. The van der Waals surface area contributed by atoms with Crippen molar-refractivity contribution < 1.29 is 18.8 Å². The molecule has 202 valence electrons. The molecule has 1 fully saturated rings. The quantitative estimate of drug-likeness (QED) is 0.318. The highest BCUT2D eigenvalue weighted by atomic mass is 32.2. The molecule has 1 unspecified atom stereocenters. The first-order chi connectivity index (χ1) is 17.4. The van der Waals surface area contributed by atoms with Gasteiger partial charge in [0, 0.05) is 16.2 Å². The molecule has 2 N–H and O–H groups in total. The van der Waals surface area contributed by atoms with E-state index in [1.807, 2.05) is 45.9 Å². The lowest BCUT2D eigenvalue weighted by atomic mass is 9.80. The Labute approximate surface area is 224 Å². The van der Waals surface area contributed by atoms with Crippen molar-refractivity contribution in [2.45, 2.75) is 102 Å². The van der Waals surface area contributed by atoms with E-state index in [1.165, 1.54) is 11.8 Å². The SMILES string of the molecule is CC(C)CC(NC(=O)C1(NC(=O)C2=CC=CC(C)(C)C=C2)CCCCC1)C(=O)c1nnc(SC(C)C)o1. The third kappa shape index (κ3) is 7.90. The van der Waals surface area contributed by atoms with E-state index in [-0.39, 0.29) is 34.3 Å². The van der Waals surface area contributed by atoms with Gasteiger partial charge in [-0.1, -0.05) is 96.9 Å². The maximum atomic E-state index is 13.8. The number of thioether (sulfide) groups is 1. The number of hydrogen-bond donors (Lipinski definition) is 2. The number of ketones is 1. The number of nitrogens with one attached hydrogen (secondary N) is 2. The van der Waals surface area contributed by atoms with Crippen molar-refractivity contribution in [2.75, 3.05) is 0 Å². The Bertz CT molecular complexity index is 1080. The van der Waals surface area contributed by atoms with E-state index in [2.05, 4.69) is 34.7 Å². The molecule has 1 heterocycles. The molecule has 0 aromatic carbocycles. The fourth-order valence-corrected chi connectivity index (χ4v) is 5.15. The zero-order chi connectivity index (χ0) is 27.2. The molecule has 9 heteroatoms. The molecular weight excluding hydrogens is 488 g/mol. The predicted octanol–water partition coefficient (Wildman–Crippen LogP) is 5.18. The van der Waals surface area contributed by atoms with E-state index in [4.69, 9.17) is 4.42 Å². The van der Waals surface area contributed by atoms with Crippen LogP contribution in [-0.4, -0.2) is 44.6 Å². The lowest BCUT2D eigenvalue weighted by Crippen LogP contribution is -2.62. The normalized spacial score (nSPS) is 19.3.